The molecule has 0 saturated heterocycles. The summed E-state index contributed by atoms with van der Waals surface area (Å²) in [7, 11) is -3.83. The Kier molecular flexibility index (Phi) is 6.44. The Morgan fingerprint density at radius 1 is 1.30 bits per heavy atom. The van der Waals surface area contributed by atoms with E-state index in [-0.39, 0.29) is 17.3 Å². The zero-order valence-electron chi connectivity index (χ0n) is 11.8. The van der Waals surface area contributed by atoms with Crippen molar-refractivity contribution in [3.05, 3.63) is 22.2 Å². The van der Waals surface area contributed by atoms with Gasteiger partial charge >= 0.3 is 0 Å². The Labute approximate surface area is 128 Å². The first-order chi connectivity index (χ1) is 9.21. The summed E-state index contributed by atoms with van der Waals surface area (Å²) < 4.78 is 34.7. The van der Waals surface area contributed by atoms with Crippen LogP contribution in [0.4, 0.5) is 0 Å². The molecule has 0 aliphatic carbocycles. The second-order valence-corrected chi connectivity index (χ2v) is 7.36. The SMILES string of the molecule is Cc1cc(Br)cc(S(N)(=O)=O)c1OCCOCC(C)C. The lowest BCUT2D eigenvalue weighted by Crippen LogP contribution is -2.16. The van der Waals surface area contributed by atoms with E-state index >= 15 is 0 Å². The summed E-state index contributed by atoms with van der Waals surface area (Å²) in [5, 5.41) is 5.21. The molecule has 0 saturated carbocycles. The van der Waals surface area contributed by atoms with Gasteiger partial charge in [-0.1, -0.05) is 29.8 Å². The van der Waals surface area contributed by atoms with Gasteiger partial charge in [-0.2, -0.15) is 0 Å². The van der Waals surface area contributed by atoms with Crippen LogP contribution in [0.1, 0.15) is 19.4 Å². The summed E-state index contributed by atoms with van der Waals surface area (Å²) in [5.74, 6) is 0.730. The van der Waals surface area contributed by atoms with E-state index in [2.05, 4.69) is 29.8 Å². The second-order valence-electron chi connectivity index (χ2n) is 4.91. The van der Waals surface area contributed by atoms with Crippen LogP contribution in [0.25, 0.3) is 0 Å². The van der Waals surface area contributed by atoms with Gasteiger partial charge in [-0.3, -0.25) is 0 Å². The highest BCUT2D eigenvalue weighted by Gasteiger charge is 2.18. The molecule has 0 unspecified atom stereocenters. The van der Waals surface area contributed by atoms with Crippen molar-refractivity contribution in [3.8, 4) is 5.75 Å². The van der Waals surface area contributed by atoms with Crippen LogP contribution >= 0.6 is 15.9 Å². The number of ether oxygens (including phenoxy) is 2. The van der Waals surface area contributed by atoms with Crippen molar-refractivity contribution in [1.82, 2.24) is 0 Å². The minimum Gasteiger partial charge on any atom is -0.489 e. The average Bonchev–Trinajstić information content (AvgIpc) is 2.28. The van der Waals surface area contributed by atoms with E-state index in [1.807, 2.05) is 0 Å². The van der Waals surface area contributed by atoms with Crippen molar-refractivity contribution in [1.29, 1.82) is 0 Å². The van der Waals surface area contributed by atoms with Crippen molar-refractivity contribution < 1.29 is 17.9 Å². The molecule has 0 aliphatic rings. The Bertz CT molecular complexity index is 558. The minimum atomic E-state index is -3.83. The Morgan fingerprint density at radius 3 is 2.50 bits per heavy atom. The molecule has 114 valence electrons. The first-order valence-corrected chi connectivity index (χ1v) is 8.59. The Morgan fingerprint density at radius 2 is 1.95 bits per heavy atom. The molecule has 0 bridgehead atoms. The van der Waals surface area contributed by atoms with Gasteiger partial charge in [0.05, 0.1) is 6.61 Å². The monoisotopic (exact) mass is 365 g/mol. The quantitative estimate of drug-likeness (QED) is 0.752. The van der Waals surface area contributed by atoms with Crippen molar-refractivity contribution in [3.63, 3.8) is 0 Å². The topological polar surface area (TPSA) is 78.6 Å². The maximum absolute atomic E-state index is 11.6. The van der Waals surface area contributed by atoms with Gasteiger partial charge < -0.3 is 9.47 Å². The fourth-order valence-corrected chi connectivity index (χ4v) is 3.11. The molecule has 0 aliphatic heterocycles. The van der Waals surface area contributed by atoms with E-state index < -0.39 is 10.0 Å². The molecule has 0 heterocycles. The number of sulfonamides is 1. The van der Waals surface area contributed by atoms with Crippen LogP contribution in [0.3, 0.4) is 0 Å². The van der Waals surface area contributed by atoms with Crippen LogP contribution in [0.2, 0.25) is 0 Å². The molecule has 0 spiro atoms. The van der Waals surface area contributed by atoms with Crippen LogP contribution in [0.5, 0.6) is 5.75 Å². The molecule has 2 N–H and O–H groups in total. The highest BCUT2D eigenvalue weighted by Crippen LogP contribution is 2.30. The van der Waals surface area contributed by atoms with Crippen LogP contribution in [-0.4, -0.2) is 28.2 Å². The summed E-state index contributed by atoms with van der Waals surface area (Å²) >= 11 is 3.25. The fraction of sp³-hybridized carbons (Fsp3) is 0.538. The summed E-state index contributed by atoms with van der Waals surface area (Å²) in [6.07, 6.45) is 0. The number of hydrogen-bond donors (Lipinski definition) is 1. The number of primary sulfonamides is 1. The van der Waals surface area contributed by atoms with Gasteiger partial charge in [0, 0.05) is 11.1 Å². The third kappa shape index (κ3) is 5.40. The predicted octanol–water partition coefficient (Wildman–Crippen LogP) is 2.46. The molecule has 20 heavy (non-hydrogen) atoms. The van der Waals surface area contributed by atoms with Crippen molar-refractivity contribution >= 4 is 26.0 Å². The molecule has 0 atom stereocenters. The minimum absolute atomic E-state index is 0.0202. The smallest absolute Gasteiger partial charge is 0.241 e. The molecule has 7 heteroatoms. The van der Waals surface area contributed by atoms with Gasteiger partial charge in [-0.15, -0.1) is 0 Å². The predicted molar refractivity (Wildman–Crippen MR) is 81.4 cm³/mol. The molecule has 0 radical (unpaired) electrons. The van der Waals surface area contributed by atoms with E-state index in [0.29, 0.717) is 29.2 Å². The first-order valence-electron chi connectivity index (χ1n) is 6.25. The lowest BCUT2D eigenvalue weighted by atomic mass is 10.2. The summed E-state index contributed by atoms with van der Waals surface area (Å²) in [6.45, 7) is 7.20. The van der Waals surface area contributed by atoms with Crippen molar-refractivity contribution in [2.45, 2.75) is 25.7 Å². The number of nitrogens with two attached hydrogens (primary N) is 1. The number of halogens is 1. The van der Waals surface area contributed by atoms with E-state index in [1.54, 1.807) is 13.0 Å². The summed E-state index contributed by atoms with van der Waals surface area (Å²) in [5.41, 5.74) is 0.701. The standard InChI is InChI=1S/C13H20BrNO4S/c1-9(2)8-18-4-5-19-13-10(3)6-11(14)7-12(13)20(15,16)17/h6-7,9H,4-5,8H2,1-3H3,(H2,15,16,17). The van der Waals surface area contributed by atoms with Gasteiger partial charge in [0.15, 0.2) is 0 Å². The van der Waals surface area contributed by atoms with Crippen LogP contribution in [0.15, 0.2) is 21.5 Å². The molecular weight excluding hydrogens is 346 g/mol. The van der Waals surface area contributed by atoms with Crippen molar-refractivity contribution in [2.75, 3.05) is 19.8 Å². The largest absolute Gasteiger partial charge is 0.489 e. The lowest BCUT2D eigenvalue weighted by molar-refractivity contribution is 0.0809. The van der Waals surface area contributed by atoms with Crippen LogP contribution < -0.4 is 9.88 Å². The van der Waals surface area contributed by atoms with Gasteiger partial charge in [0.2, 0.25) is 10.0 Å². The maximum atomic E-state index is 11.6. The second kappa shape index (κ2) is 7.40. The zero-order valence-corrected chi connectivity index (χ0v) is 14.3. The zero-order chi connectivity index (χ0) is 15.3. The fourth-order valence-electron chi connectivity index (χ4n) is 1.62. The third-order valence-corrected chi connectivity index (χ3v) is 3.81. The Balaban J connectivity index is 2.79. The highest BCUT2D eigenvalue weighted by molar-refractivity contribution is 9.10. The number of rotatable bonds is 7. The van der Waals surface area contributed by atoms with E-state index in [0.717, 1.165) is 0 Å². The van der Waals surface area contributed by atoms with Gasteiger partial charge in [0.1, 0.15) is 17.3 Å². The van der Waals surface area contributed by atoms with E-state index in [1.165, 1.54) is 6.07 Å². The van der Waals surface area contributed by atoms with Crippen LogP contribution in [0, 0.1) is 12.8 Å². The average molecular weight is 366 g/mol. The molecule has 1 aromatic rings. The van der Waals surface area contributed by atoms with Gasteiger partial charge in [-0.05, 0) is 30.5 Å². The molecule has 0 fully saturated rings. The maximum Gasteiger partial charge on any atom is 0.241 e. The van der Waals surface area contributed by atoms with E-state index in [9.17, 15) is 8.42 Å². The lowest BCUT2D eigenvalue weighted by Gasteiger charge is -2.14. The number of hydrogen-bond acceptors (Lipinski definition) is 4. The van der Waals surface area contributed by atoms with Crippen LogP contribution in [-0.2, 0) is 14.8 Å². The number of benzene rings is 1. The normalized spacial score (nSPS) is 11.9. The molecule has 0 aromatic heterocycles. The molecule has 0 amide bonds. The van der Waals surface area contributed by atoms with E-state index in [4.69, 9.17) is 14.6 Å². The summed E-state index contributed by atoms with van der Waals surface area (Å²) in [6, 6.07) is 3.21. The highest BCUT2D eigenvalue weighted by atomic mass is 79.9. The summed E-state index contributed by atoms with van der Waals surface area (Å²) in [4.78, 5) is -0.0202. The first kappa shape index (κ1) is 17.4. The molecular formula is C13H20BrNO4S. The molecule has 1 rings (SSSR count). The Hall–Kier alpha value is -0.630. The van der Waals surface area contributed by atoms with Crippen molar-refractivity contribution in [2.24, 2.45) is 11.1 Å². The molecule has 5 nitrogen and oxygen atoms in total. The molecule has 1 aromatic carbocycles. The van der Waals surface area contributed by atoms with Gasteiger partial charge in [0.25, 0.3) is 0 Å². The van der Waals surface area contributed by atoms with Gasteiger partial charge in [-0.25, -0.2) is 13.6 Å². The third-order valence-electron chi connectivity index (χ3n) is 2.44. The number of aryl methyl sites for hydroxylation is 1.